The summed E-state index contributed by atoms with van der Waals surface area (Å²) < 4.78 is 0. The zero-order valence-electron chi connectivity index (χ0n) is 4.98. The molecule has 0 saturated carbocycles. The first-order valence-electron chi connectivity index (χ1n) is 2.38. The average molecular weight is 149 g/mol. The number of aliphatic carboxylic acids is 1. The Bertz CT molecular complexity index is 145. The van der Waals surface area contributed by atoms with E-state index in [2.05, 4.69) is 10.7 Å². The van der Waals surface area contributed by atoms with E-state index in [0.29, 0.717) is 0 Å². The zero-order valence-corrected chi connectivity index (χ0v) is 4.98. The molecule has 0 aliphatic rings. The number of carbonyl (C=O) groups is 2. The van der Waals surface area contributed by atoms with E-state index in [4.69, 9.17) is 10.2 Å². The molecule has 0 aromatic rings. The molecule has 0 radical (unpaired) electrons. The minimum atomic E-state index is -1.68. The summed E-state index contributed by atoms with van der Waals surface area (Å²) in [7, 11) is 0. The fraction of sp³-hybridized carbons (Fsp3) is 0.500. The van der Waals surface area contributed by atoms with Gasteiger partial charge in [-0.15, -0.1) is 0 Å². The highest BCUT2D eigenvalue weighted by Gasteiger charge is 2.18. The van der Waals surface area contributed by atoms with Crippen molar-refractivity contribution in [2.24, 2.45) is 5.90 Å². The minimum absolute atomic E-state index is 0.698. The van der Waals surface area contributed by atoms with Gasteiger partial charge in [0.2, 0.25) is 0 Å². The summed E-state index contributed by atoms with van der Waals surface area (Å²) in [6.45, 7) is 0. The van der Waals surface area contributed by atoms with Crippen LogP contribution < -0.4 is 5.90 Å². The Kier molecular flexibility index (Phi) is 3.37. The molecule has 0 spiro atoms. The van der Waals surface area contributed by atoms with Crippen molar-refractivity contribution in [1.29, 1.82) is 0 Å². The molecule has 0 amide bonds. The van der Waals surface area contributed by atoms with Gasteiger partial charge in [0.25, 0.3) is 0 Å². The molecule has 6 heteroatoms. The Morgan fingerprint density at radius 1 is 1.60 bits per heavy atom. The van der Waals surface area contributed by atoms with Crippen LogP contribution in [-0.4, -0.2) is 28.3 Å². The number of nitrogens with two attached hydrogens (primary N) is 1. The van der Waals surface area contributed by atoms with Crippen molar-refractivity contribution in [3.8, 4) is 0 Å². The molecule has 10 heavy (non-hydrogen) atoms. The summed E-state index contributed by atoms with van der Waals surface area (Å²) in [5.41, 5.74) is 0. The van der Waals surface area contributed by atoms with Crippen LogP contribution in [0.25, 0.3) is 0 Å². The van der Waals surface area contributed by atoms with E-state index >= 15 is 0 Å². The van der Waals surface area contributed by atoms with Gasteiger partial charge in [-0.05, 0) is 0 Å². The highest BCUT2D eigenvalue weighted by atomic mass is 16.7. The van der Waals surface area contributed by atoms with Crippen LogP contribution in [0.3, 0.4) is 0 Å². The standard InChI is InChI=1S/C4H7NO5/c5-10-4(9)2(6)1-3(7)8/h2,6H,1,5H2,(H,7,8)/t2-/m1/s1. The maximum atomic E-state index is 10.2. The Balaban J connectivity index is 3.72. The molecule has 0 aromatic carbocycles. The smallest absolute Gasteiger partial charge is 0.353 e. The zero-order chi connectivity index (χ0) is 8.15. The van der Waals surface area contributed by atoms with E-state index in [1.807, 2.05) is 0 Å². The lowest BCUT2D eigenvalue weighted by molar-refractivity contribution is -0.158. The van der Waals surface area contributed by atoms with E-state index in [9.17, 15) is 9.59 Å². The van der Waals surface area contributed by atoms with E-state index < -0.39 is 24.5 Å². The second-order valence-corrected chi connectivity index (χ2v) is 1.55. The first-order valence-corrected chi connectivity index (χ1v) is 2.38. The van der Waals surface area contributed by atoms with Crippen LogP contribution >= 0.6 is 0 Å². The van der Waals surface area contributed by atoms with Crippen LogP contribution in [0.5, 0.6) is 0 Å². The first kappa shape index (κ1) is 8.86. The quantitative estimate of drug-likeness (QED) is 0.410. The summed E-state index contributed by atoms with van der Waals surface area (Å²) >= 11 is 0. The SMILES string of the molecule is NOC(=O)[C@H](O)CC(=O)O. The molecule has 1 atom stereocenters. The van der Waals surface area contributed by atoms with Crippen molar-refractivity contribution >= 4 is 11.9 Å². The normalized spacial score (nSPS) is 12.2. The fourth-order valence-corrected chi connectivity index (χ4v) is 0.327. The van der Waals surface area contributed by atoms with E-state index in [0.717, 1.165) is 0 Å². The number of carbonyl (C=O) groups excluding carboxylic acids is 1. The van der Waals surface area contributed by atoms with Crippen molar-refractivity contribution in [2.45, 2.75) is 12.5 Å². The van der Waals surface area contributed by atoms with Gasteiger partial charge in [0.15, 0.2) is 6.10 Å². The van der Waals surface area contributed by atoms with Crippen molar-refractivity contribution < 1.29 is 24.6 Å². The molecule has 58 valence electrons. The molecule has 0 rings (SSSR count). The topological polar surface area (TPSA) is 110 Å². The minimum Gasteiger partial charge on any atom is -0.481 e. The van der Waals surface area contributed by atoms with Crippen LogP contribution in [0.2, 0.25) is 0 Å². The van der Waals surface area contributed by atoms with Gasteiger partial charge in [-0.25, -0.2) is 4.79 Å². The number of aliphatic hydroxyl groups excluding tert-OH is 1. The number of hydrogen-bond acceptors (Lipinski definition) is 5. The molecular weight excluding hydrogens is 142 g/mol. The van der Waals surface area contributed by atoms with Crippen LogP contribution in [-0.2, 0) is 14.4 Å². The van der Waals surface area contributed by atoms with Gasteiger partial charge in [0, 0.05) is 0 Å². The van der Waals surface area contributed by atoms with E-state index in [1.165, 1.54) is 0 Å². The molecule has 0 fully saturated rings. The Hall–Kier alpha value is -1.14. The third kappa shape index (κ3) is 3.00. The van der Waals surface area contributed by atoms with Gasteiger partial charge in [0.05, 0.1) is 6.42 Å². The second kappa shape index (κ2) is 3.80. The molecular formula is C4H7NO5. The third-order valence-corrected chi connectivity index (χ3v) is 0.756. The van der Waals surface area contributed by atoms with Gasteiger partial charge in [0.1, 0.15) is 0 Å². The molecule has 0 bridgehead atoms. The Morgan fingerprint density at radius 2 is 2.10 bits per heavy atom. The lowest BCUT2D eigenvalue weighted by Gasteiger charge is -2.02. The molecule has 0 aliphatic carbocycles. The highest BCUT2D eigenvalue weighted by molar-refractivity contribution is 5.80. The molecule has 0 heterocycles. The maximum absolute atomic E-state index is 10.2. The molecule has 4 N–H and O–H groups in total. The van der Waals surface area contributed by atoms with Crippen molar-refractivity contribution in [3.63, 3.8) is 0 Å². The summed E-state index contributed by atoms with van der Waals surface area (Å²) in [5, 5.41) is 16.6. The molecule has 0 saturated heterocycles. The molecule has 0 aliphatic heterocycles. The van der Waals surface area contributed by atoms with E-state index in [-0.39, 0.29) is 0 Å². The molecule has 0 aromatic heterocycles. The average Bonchev–Trinajstić information content (AvgIpc) is 1.85. The monoisotopic (exact) mass is 149 g/mol. The van der Waals surface area contributed by atoms with Crippen molar-refractivity contribution in [3.05, 3.63) is 0 Å². The maximum Gasteiger partial charge on any atom is 0.353 e. The summed E-state index contributed by atoms with van der Waals surface area (Å²) in [6.07, 6.45) is -2.38. The van der Waals surface area contributed by atoms with Crippen molar-refractivity contribution in [1.82, 2.24) is 0 Å². The molecule has 6 nitrogen and oxygen atoms in total. The van der Waals surface area contributed by atoms with Gasteiger partial charge in [-0.2, -0.15) is 5.90 Å². The number of carboxylic acids is 1. The number of rotatable bonds is 3. The lowest BCUT2D eigenvalue weighted by Crippen LogP contribution is -2.27. The summed E-state index contributed by atoms with van der Waals surface area (Å²) in [6, 6.07) is 0. The van der Waals surface area contributed by atoms with Gasteiger partial charge in [-0.3, -0.25) is 4.79 Å². The van der Waals surface area contributed by atoms with Crippen LogP contribution in [0, 0.1) is 0 Å². The first-order chi connectivity index (χ1) is 4.57. The van der Waals surface area contributed by atoms with Gasteiger partial charge < -0.3 is 15.1 Å². The highest BCUT2D eigenvalue weighted by Crippen LogP contribution is 1.92. The van der Waals surface area contributed by atoms with Gasteiger partial charge in [-0.1, -0.05) is 0 Å². The molecule has 0 unspecified atom stereocenters. The van der Waals surface area contributed by atoms with Crippen LogP contribution in [0.15, 0.2) is 0 Å². The van der Waals surface area contributed by atoms with Crippen LogP contribution in [0.1, 0.15) is 6.42 Å². The van der Waals surface area contributed by atoms with E-state index in [1.54, 1.807) is 0 Å². The Labute approximate surface area is 56.2 Å². The predicted octanol–water partition coefficient (Wildman–Crippen LogP) is -1.76. The number of carboxylic acid groups (broad SMARTS) is 1. The Morgan fingerprint density at radius 3 is 2.40 bits per heavy atom. The number of hydrogen-bond donors (Lipinski definition) is 3. The summed E-state index contributed by atoms with van der Waals surface area (Å²) in [5.74, 6) is 1.90. The van der Waals surface area contributed by atoms with Crippen molar-refractivity contribution in [2.75, 3.05) is 0 Å². The second-order valence-electron chi connectivity index (χ2n) is 1.55. The van der Waals surface area contributed by atoms with Crippen LogP contribution in [0.4, 0.5) is 0 Å². The lowest BCUT2D eigenvalue weighted by atomic mass is 10.3. The largest absolute Gasteiger partial charge is 0.481 e. The van der Waals surface area contributed by atoms with Gasteiger partial charge >= 0.3 is 11.9 Å². The predicted molar refractivity (Wildman–Crippen MR) is 28.5 cm³/mol. The summed E-state index contributed by atoms with van der Waals surface area (Å²) in [4.78, 5) is 23.6. The fourth-order valence-electron chi connectivity index (χ4n) is 0.327. The third-order valence-electron chi connectivity index (χ3n) is 0.756. The number of aliphatic hydroxyl groups is 1.